The van der Waals surface area contributed by atoms with Gasteiger partial charge in [-0.1, -0.05) is 5.92 Å². The highest BCUT2D eigenvalue weighted by molar-refractivity contribution is 9.10. The fourth-order valence-electron chi connectivity index (χ4n) is 1.71. The number of hydrogen-bond acceptors (Lipinski definition) is 5. The summed E-state index contributed by atoms with van der Waals surface area (Å²) in [5, 5.41) is 0. The molecule has 2 heterocycles. The third kappa shape index (κ3) is 4.16. The molecule has 1 aromatic heterocycles. The van der Waals surface area contributed by atoms with Crippen LogP contribution in [0, 0.1) is 18.8 Å². The molecule has 5 nitrogen and oxygen atoms in total. The third-order valence-electron chi connectivity index (χ3n) is 2.73. The molecule has 0 aromatic carbocycles. The molecule has 1 atom stereocenters. The van der Waals surface area contributed by atoms with Crippen molar-refractivity contribution in [3.63, 3.8) is 0 Å². The van der Waals surface area contributed by atoms with Crippen molar-refractivity contribution in [3.8, 4) is 11.8 Å². The minimum atomic E-state index is -0.128. The Balaban J connectivity index is 1.90. The van der Waals surface area contributed by atoms with E-state index in [1.54, 1.807) is 0 Å². The second-order valence-electron chi connectivity index (χ2n) is 4.24. The lowest BCUT2D eigenvalue weighted by molar-refractivity contribution is -0.154. The largest absolute Gasteiger partial charge is 0.381 e. The molecule has 1 aliphatic heterocycles. The fourth-order valence-corrected chi connectivity index (χ4v) is 1.97. The van der Waals surface area contributed by atoms with Crippen molar-refractivity contribution < 1.29 is 9.47 Å². The summed E-state index contributed by atoms with van der Waals surface area (Å²) in [7, 11) is 0. The van der Waals surface area contributed by atoms with E-state index >= 15 is 0 Å². The summed E-state index contributed by atoms with van der Waals surface area (Å²) in [6.07, 6.45) is 3.05. The van der Waals surface area contributed by atoms with E-state index in [2.05, 4.69) is 37.7 Å². The molecule has 1 unspecified atom stereocenters. The van der Waals surface area contributed by atoms with Crippen LogP contribution in [0.25, 0.3) is 0 Å². The van der Waals surface area contributed by atoms with Crippen LogP contribution in [0.4, 0.5) is 5.82 Å². The summed E-state index contributed by atoms with van der Waals surface area (Å²) >= 11 is 3.30. The van der Waals surface area contributed by atoms with Crippen LogP contribution < -0.4 is 5.73 Å². The number of ether oxygens (including phenoxy) is 2. The normalized spacial score (nSPS) is 18.7. The Labute approximate surface area is 121 Å². The number of halogens is 1. The molecule has 6 heteroatoms. The third-order valence-corrected chi connectivity index (χ3v) is 3.48. The van der Waals surface area contributed by atoms with Crippen molar-refractivity contribution in [3.05, 3.63) is 16.0 Å². The van der Waals surface area contributed by atoms with E-state index in [-0.39, 0.29) is 6.29 Å². The summed E-state index contributed by atoms with van der Waals surface area (Å²) in [5.41, 5.74) is 6.96. The lowest BCUT2D eigenvalue weighted by Crippen LogP contribution is -2.22. The average Bonchev–Trinajstić information content (AvgIpc) is 2.41. The number of hydrogen-bond donors (Lipinski definition) is 1. The number of aryl methyl sites for hydroxylation is 1. The molecular formula is C13H16BrN3O2. The highest BCUT2D eigenvalue weighted by atomic mass is 79.9. The first kappa shape index (κ1) is 14.3. The Morgan fingerprint density at radius 1 is 1.47 bits per heavy atom. The van der Waals surface area contributed by atoms with Gasteiger partial charge in [-0.2, -0.15) is 0 Å². The lowest BCUT2D eigenvalue weighted by atomic mass is 10.2. The standard InChI is InChI=1S/C13H16BrN3O2/c1-9-12(14)17-10(13(15)16-9)5-4-8-19-11-6-2-3-7-18-11/h11H,2-3,6-8H2,1H3,(H2,15,16). The maximum Gasteiger partial charge on any atom is 0.158 e. The molecule has 19 heavy (non-hydrogen) atoms. The lowest BCUT2D eigenvalue weighted by Gasteiger charge is -2.21. The van der Waals surface area contributed by atoms with Gasteiger partial charge in [0.25, 0.3) is 0 Å². The Bertz CT molecular complexity index is 505. The van der Waals surface area contributed by atoms with Crippen LogP contribution in [0.15, 0.2) is 4.60 Å². The van der Waals surface area contributed by atoms with Gasteiger partial charge in [-0.25, -0.2) is 9.97 Å². The second-order valence-corrected chi connectivity index (χ2v) is 4.99. The first-order chi connectivity index (χ1) is 9.16. The molecule has 0 saturated carbocycles. The molecule has 0 bridgehead atoms. The van der Waals surface area contributed by atoms with E-state index < -0.39 is 0 Å². The van der Waals surface area contributed by atoms with Crippen LogP contribution in [0.3, 0.4) is 0 Å². The van der Waals surface area contributed by atoms with Crippen molar-refractivity contribution in [2.45, 2.75) is 32.5 Å². The Morgan fingerprint density at radius 3 is 3.05 bits per heavy atom. The molecular weight excluding hydrogens is 310 g/mol. The monoisotopic (exact) mass is 325 g/mol. The minimum Gasteiger partial charge on any atom is -0.381 e. The quantitative estimate of drug-likeness (QED) is 0.842. The summed E-state index contributed by atoms with van der Waals surface area (Å²) < 4.78 is 11.6. The topological polar surface area (TPSA) is 70.3 Å². The molecule has 102 valence electrons. The fraction of sp³-hybridized carbons (Fsp3) is 0.538. The van der Waals surface area contributed by atoms with Gasteiger partial charge < -0.3 is 15.2 Å². The van der Waals surface area contributed by atoms with Crippen LogP contribution in [0.5, 0.6) is 0 Å². The van der Waals surface area contributed by atoms with Gasteiger partial charge in [-0.3, -0.25) is 0 Å². The molecule has 2 rings (SSSR count). The van der Waals surface area contributed by atoms with E-state index in [1.165, 1.54) is 0 Å². The predicted molar refractivity (Wildman–Crippen MR) is 75.3 cm³/mol. The van der Waals surface area contributed by atoms with Crippen LogP contribution in [0.2, 0.25) is 0 Å². The number of nitrogens with two attached hydrogens (primary N) is 1. The molecule has 0 spiro atoms. The van der Waals surface area contributed by atoms with E-state index in [0.717, 1.165) is 31.6 Å². The highest BCUT2D eigenvalue weighted by Crippen LogP contribution is 2.15. The van der Waals surface area contributed by atoms with Crippen molar-refractivity contribution in [1.29, 1.82) is 0 Å². The van der Waals surface area contributed by atoms with Gasteiger partial charge in [0.2, 0.25) is 0 Å². The average molecular weight is 326 g/mol. The van der Waals surface area contributed by atoms with Gasteiger partial charge in [0.15, 0.2) is 17.8 Å². The van der Waals surface area contributed by atoms with Crippen molar-refractivity contribution in [2.75, 3.05) is 18.9 Å². The molecule has 0 aliphatic carbocycles. The number of nitrogen functional groups attached to an aromatic ring is 1. The molecule has 1 aromatic rings. The summed E-state index contributed by atoms with van der Waals surface area (Å²) in [4.78, 5) is 8.37. The number of nitrogens with zero attached hydrogens (tertiary/aromatic N) is 2. The number of anilines is 1. The second kappa shape index (κ2) is 6.85. The van der Waals surface area contributed by atoms with Gasteiger partial charge in [0.1, 0.15) is 11.2 Å². The van der Waals surface area contributed by atoms with Crippen molar-refractivity contribution in [2.24, 2.45) is 0 Å². The molecule has 1 saturated heterocycles. The molecule has 1 aliphatic rings. The van der Waals surface area contributed by atoms with Crippen LogP contribution in [-0.2, 0) is 9.47 Å². The number of aromatic nitrogens is 2. The summed E-state index contributed by atoms with van der Waals surface area (Å²) in [6, 6.07) is 0. The SMILES string of the molecule is Cc1nc(N)c(C#CCOC2CCCCO2)nc1Br. The summed E-state index contributed by atoms with van der Waals surface area (Å²) in [5.74, 6) is 6.08. The maximum atomic E-state index is 5.75. The highest BCUT2D eigenvalue weighted by Gasteiger charge is 2.12. The van der Waals surface area contributed by atoms with Crippen LogP contribution in [-0.4, -0.2) is 29.5 Å². The zero-order chi connectivity index (χ0) is 13.7. The summed E-state index contributed by atoms with van der Waals surface area (Å²) in [6.45, 7) is 2.90. The van der Waals surface area contributed by atoms with Gasteiger partial charge in [-0.15, -0.1) is 0 Å². The number of rotatable bonds is 2. The van der Waals surface area contributed by atoms with E-state index in [1.807, 2.05) is 6.92 Å². The molecule has 0 amide bonds. The van der Waals surface area contributed by atoms with E-state index in [0.29, 0.717) is 22.7 Å². The van der Waals surface area contributed by atoms with Gasteiger partial charge in [0, 0.05) is 6.61 Å². The Morgan fingerprint density at radius 2 is 2.32 bits per heavy atom. The van der Waals surface area contributed by atoms with Gasteiger partial charge in [-0.05, 0) is 48.0 Å². The van der Waals surface area contributed by atoms with Gasteiger partial charge >= 0.3 is 0 Å². The van der Waals surface area contributed by atoms with Crippen molar-refractivity contribution >= 4 is 21.7 Å². The van der Waals surface area contributed by atoms with E-state index in [4.69, 9.17) is 15.2 Å². The van der Waals surface area contributed by atoms with Crippen LogP contribution >= 0.6 is 15.9 Å². The van der Waals surface area contributed by atoms with E-state index in [9.17, 15) is 0 Å². The maximum absolute atomic E-state index is 5.75. The smallest absolute Gasteiger partial charge is 0.158 e. The molecule has 0 radical (unpaired) electrons. The molecule has 2 N–H and O–H groups in total. The van der Waals surface area contributed by atoms with Crippen molar-refractivity contribution in [1.82, 2.24) is 9.97 Å². The zero-order valence-electron chi connectivity index (χ0n) is 10.8. The zero-order valence-corrected chi connectivity index (χ0v) is 12.4. The molecule has 1 fully saturated rings. The Kier molecular flexibility index (Phi) is 5.14. The first-order valence-electron chi connectivity index (χ1n) is 6.18. The van der Waals surface area contributed by atoms with Crippen LogP contribution in [0.1, 0.15) is 30.7 Å². The van der Waals surface area contributed by atoms with Gasteiger partial charge in [0.05, 0.1) is 5.69 Å². The minimum absolute atomic E-state index is 0.128. The Hall–Kier alpha value is -1.16. The first-order valence-corrected chi connectivity index (χ1v) is 6.98. The predicted octanol–water partition coefficient (Wildman–Crippen LogP) is 2.02.